The van der Waals surface area contributed by atoms with Gasteiger partial charge in [-0.1, -0.05) is 29.8 Å². The zero-order valence-electron chi connectivity index (χ0n) is 16.5. The monoisotopic (exact) mass is 444 g/mol. The lowest BCUT2D eigenvalue weighted by atomic mass is 10.1. The molecule has 0 aliphatic heterocycles. The fraction of sp³-hybridized carbons (Fsp3) is 0.182. The first kappa shape index (κ1) is 21.8. The molecule has 1 aromatic heterocycles. The van der Waals surface area contributed by atoms with Crippen LogP contribution in [0.15, 0.2) is 59.0 Å². The maximum atomic E-state index is 12.3. The molecule has 3 rings (SSSR count). The topological polar surface area (TPSA) is 88.4 Å². The van der Waals surface area contributed by atoms with E-state index in [-0.39, 0.29) is 11.5 Å². The van der Waals surface area contributed by atoms with Crippen molar-refractivity contribution >= 4 is 45.6 Å². The van der Waals surface area contributed by atoms with E-state index >= 15 is 0 Å². The lowest BCUT2D eigenvalue weighted by molar-refractivity contribution is -0.114. The third kappa shape index (κ3) is 5.81. The zero-order valence-corrected chi connectivity index (χ0v) is 18.1. The van der Waals surface area contributed by atoms with Crippen LogP contribution in [-0.4, -0.2) is 27.5 Å². The highest BCUT2D eigenvalue weighted by Crippen LogP contribution is 2.29. The molecule has 1 heterocycles. The Hall–Kier alpha value is -2.90. The van der Waals surface area contributed by atoms with Gasteiger partial charge in [-0.2, -0.15) is 0 Å². The predicted octanol–water partition coefficient (Wildman–Crippen LogP) is 4.54. The summed E-state index contributed by atoms with van der Waals surface area (Å²) in [5.41, 5.74) is 2.67. The number of furan rings is 1. The summed E-state index contributed by atoms with van der Waals surface area (Å²) in [6.07, 6.45) is 0. The molecule has 156 valence electrons. The van der Waals surface area contributed by atoms with Crippen LogP contribution in [0.5, 0.6) is 0 Å². The molecule has 2 aromatic carbocycles. The van der Waals surface area contributed by atoms with E-state index in [1.165, 1.54) is 0 Å². The van der Waals surface area contributed by atoms with Gasteiger partial charge in [0.05, 0.1) is 5.69 Å². The molecule has 0 saturated carbocycles. The molecule has 1 atom stereocenters. The predicted molar refractivity (Wildman–Crippen MR) is 120 cm³/mol. The minimum absolute atomic E-state index is 0.294. The highest BCUT2D eigenvalue weighted by atomic mass is 35.5. The Bertz CT molecular complexity index is 1110. The van der Waals surface area contributed by atoms with E-state index < -0.39 is 22.6 Å². The molecule has 0 radical (unpaired) electrons. The lowest BCUT2D eigenvalue weighted by Gasteiger charge is -2.10. The Morgan fingerprint density at radius 2 is 1.67 bits per heavy atom. The fourth-order valence-electron chi connectivity index (χ4n) is 2.78. The number of anilines is 2. The van der Waals surface area contributed by atoms with E-state index in [1.54, 1.807) is 30.3 Å². The average molecular weight is 445 g/mol. The smallest absolute Gasteiger partial charge is 0.237 e. The van der Waals surface area contributed by atoms with Gasteiger partial charge in [-0.15, -0.1) is 0 Å². The number of hydrogen-bond donors (Lipinski definition) is 2. The summed E-state index contributed by atoms with van der Waals surface area (Å²) in [5, 5.41) is 5.91. The number of para-hydroxylation sites is 1. The number of hydrogen-bond acceptors (Lipinski definition) is 4. The Balaban J connectivity index is 1.57. The average Bonchev–Trinajstić information content (AvgIpc) is 3.11. The van der Waals surface area contributed by atoms with Crippen molar-refractivity contribution in [2.45, 2.75) is 13.8 Å². The second-order valence-corrected chi connectivity index (χ2v) is 8.61. The summed E-state index contributed by atoms with van der Waals surface area (Å²) in [5.74, 6) is -0.109. The molecular formula is C22H21ClN2O4S. The molecule has 0 unspecified atom stereocenters. The Kier molecular flexibility index (Phi) is 7.07. The van der Waals surface area contributed by atoms with Crippen LogP contribution in [0.1, 0.15) is 11.3 Å². The van der Waals surface area contributed by atoms with Gasteiger partial charge in [0.15, 0.2) is 0 Å². The second-order valence-electron chi connectivity index (χ2n) is 6.74. The van der Waals surface area contributed by atoms with E-state index in [0.717, 1.165) is 16.9 Å². The van der Waals surface area contributed by atoms with Gasteiger partial charge in [0.1, 0.15) is 23.0 Å². The summed E-state index contributed by atoms with van der Waals surface area (Å²) >= 11 is 6.04. The number of carbonyl (C=O) groups excluding carboxylic acids is 2. The molecule has 8 heteroatoms. The molecule has 0 fully saturated rings. The number of benzene rings is 2. The van der Waals surface area contributed by atoms with E-state index in [1.807, 2.05) is 38.1 Å². The van der Waals surface area contributed by atoms with Gasteiger partial charge < -0.3 is 15.1 Å². The van der Waals surface area contributed by atoms with Crippen molar-refractivity contribution in [3.05, 3.63) is 70.9 Å². The van der Waals surface area contributed by atoms with Gasteiger partial charge in [0, 0.05) is 27.1 Å². The third-order valence-corrected chi connectivity index (χ3v) is 5.82. The van der Waals surface area contributed by atoms with Crippen molar-refractivity contribution in [2.75, 3.05) is 22.1 Å². The van der Waals surface area contributed by atoms with E-state index in [2.05, 4.69) is 10.6 Å². The Labute approximate surface area is 182 Å². The van der Waals surface area contributed by atoms with Crippen LogP contribution >= 0.6 is 11.6 Å². The van der Waals surface area contributed by atoms with Crippen LogP contribution in [0.25, 0.3) is 11.3 Å². The second kappa shape index (κ2) is 9.73. The standard InChI is InChI=1S/C22H21ClN2O4S/c1-14-7-9-16(11-18(14)23)24-21(26)12-30(28)13-22(27)25-19-6-4-3-5-17(19)20-10-8-15(2)29-20/h3-11H,12-13H2,1-2H3,(H,24,26)(H,25,27)/t30-/m1/s1. The molecule has 0 spiro atoms. The van der Waals surface area contributed by atoms with Crippen LogP contribution in [0.4, 0.5) is 11.4 Å². The van der Waals surface area contributed by atoms with Crippen molar-refractivity contribution in [2.24, 2.45) is 0 Å². The third-order valence-electron chi connectivity index (χ3n) is 4.25. The highest BCUT2D eigenvalue weighted by Gasteiger charge is 2.15. The highest BCUT2D eigenvalue weighted by molar-refractivity contribution is 7.86. The van der Waals surface area contributed by atoms with Crippen molar-refractivity contribution in [3.8, 4) is 11.3 Å². The SMILES string of the molecule is Cc1ccc(-c2ccccc2NC(=O)C[S@](=O)CC(=O)Nc2ccc(C)c(Cl)c2)o1. The van der Waals surface area contributed by atoms with Gasteiger partial charge in [-0.25, -0.2) is 0 Å². The van der Waals surface area contributed by atoms with Crippen molar-refractivity contribution < 1.29 is 18.2 Å². The van der Waals surface area contributed by atoms with Crippen LogP contribution < -0.4 is 10.6 Å². The normalized spacial score (nSPS) is 11.7. The first-order valence-corrected chi connectivity index (χ1v) is 11.0. The van der Waals surface area contributed by atoms with E-state index in [0.29, 0.717) is 22.2 Å². The maximum Gasteiger partial charge on any atom is 0.237 e. The first-order chi connectivity index (χ1) is 14.3. The summed E-state index contributed by atoms with van der Waals surface area (Å²) in [6.45, 7) is 3.69. The fourth-order valence-corrected chi connectivity index (χ4v) is 3.80. The van der Waals surface area contributed by atoms with Crippen LogP contribution in [0.3, 0.4) is 0 Å². The molecule has 0 bridgehead atoms. The summed E-state index contributed by atoms with van der Waals surface area (Å²) in [6, 6.07) is 15.9. The molecule has 3 aromatic rings. The van der Waals surface area contributed by atoms with Crippen LogP contribution in [0, 0.1) is 13.8 Å². The number of halogens is 1. The van der Waals surface area contributed by atoms with Gasteiger partial charge in [0.2, 0.25) is 11.8 Å². The maximum absolute atomic E-state index is 12.3. The van der Waals surface area contributed by atoms with Gasteiger partial charge in [0.25, 0.3) is 0 Å². The van der Waals surface area contributed by atoms with Gasteiger partial charge >= 0.3 is 0 Å². The minimum Gasteiger partial charge on any atom is -0.461 e. The van der Waals surface area contributed by atoms with Gasteiger partial charge in [-0.05, 0) is 55.8 Å². The molecule has 2 amide bonds. The van der Waals surface area contributed by atoms with Gasteiger partial charge in [-0.3, -0.25) is 13.8 Å². The van der Waals surface area contributed by atoms with Crippen molar-refractivity contribution in [1.82, 2.24) is 0 Å². The van der Waals surface area contributed by atoms with Crippen molar-refractivity contribution in [3.63, 3.8) is 0 Å². The molecule has 0 aliphatic carbocycles. The quantitative estimate of drug-likeness (QED) is 0.559. The lowest BCUT2D eigenvalue weighted by Crippen LogP contribution is -2.26. The van der Waals surface area contributed by atoms with Crippen LogP contribution in [0.2, 0.25) is 5.02 Å². The Morgan fingerprint density at radius 1 is 0.967 bits per heavy atom. The number of amides is 2. The number of rotatable bonds is 7. The van der Waals surface area contributed by atoms with Crippen molar-refractivity contribution in [1.29, 1.82) is 0 Å². The number of carbonyl (C=O) groups is 2. The zero-order chi connectivity index (χ0) is 21.7. The minimum atomic E-state index is -1.66. The molecule has 0 aliphatic rings. The summed E-state index contributed by atoms with van der Waals surface area (Å²) in [4.78, 5) is 24.5. The summed E-state index contributed by atoms with van der Waals surface area (Å²) < 4.78 is 17.9. The molecule has 2 N–H and O–H groups in total. The Morgan fingerprint density at radius 3 is 2.33 bits per heavy atom. The molecule has 30 heavy (non-hydrogen) atoms. The molecule has 6 nitrogen and oxygen atoms in total. The summed E-state index contributed by atoms with van der Waals surface area (Å²) in [7, 11) is -1.66. The first-order valence-electron chi connectivity index (χ1n) is 9.18. The van der Waals surface area contributed by atoms with E-state index in [4.69, 9.17) is 16.0 Å². The molecule has 0 saturated heterocycles. The van der Waals surface area contributed by atoms with Crippen LogP contribution in [-0.2, 0) is 20.4 Å². The number of nitrogens with one attached hydrogen (secondary N) is 2. The largest absolute Gasteiger partial charge is 0.461 e. The number of aryl methyl sites for hydroxylation is 2. The van der Waals surface area contributed by atoms with E-state index in [9.17, 15) is 13.8 Å². The molecular weight excluding hydrogens is 424 g/mol.